The molecule has 0 saturated carbocycles. The largest absolute Gasteiger partial charge is 0.396 e. The van der Waals surface area contributed by atoms with E-state index in [-0.39, 0.29) is 18.6 Å². The van der Waals surface area contributed by atoms with Gasteiger partial charge in [0.25, 0.3) is 0 Å². The molecule has 1 heterocycles. The maximum Gasteiger partial charge on any atom is 0.244 e. The maximum atomic E-state index is 11.9. The van der Waals surface area contributed by atoms with E-state index in [4.69, 9.17) is 5.11 Å². The molecule has 2 aromatic rings. The van der Waals surface area contributed by atoms with Crippen molar-refractivity contribution in [3.63, 3.8) is 0 Å². The standard InChI is InChI=1S/C17H22N2O2/c1-13(6-5-11-20)18-17(21)10-9-14-12-19(2)16-8-4-3-7-15(14)16/h3-4,7-10,12-13,20H,5-6,11H2,1-2H3,(H,18,21)/b10-9+. The van der Waals surface area contributed by atoms with Crippen molar-refractivity contribution in [2.24, 2.45) is 7.05 Å². The number of fused-ring (bicyclic) bond motifs is 1. The van der Waals surface area contributed by atoms with Crippen LogP contribution in [0.3, 0.4) is 0 Å². The van der Waals surface area contributed by atoms with Crippen molar-refractivity contribution in [3.05, 3.63) is 42.1 Å². The summed E-state index contributed by atoms with van der Waals surface area (Å²) in [5, 5.41) is 12.8. The highest BCUT2D eigenvalue weighted by molar-refractivity contribution is 5.96. The van der Waals surface area contributed by atoms with Crippen LogP contribution >= 0.6 is 0 Å². The van der Waals surface area contributed by atoms with Gasteiger partial charge in [0.15, 0.2) is 0 Å². The zero-order valence-corrected chi connectivity index (χ0v) is 12.5. The van der Waals surface area contributed by atoms with Gasteiger partial charge in [-0.2, -0.15) is 0 Å². The zero-order valence-electron chi connectivity index (χ0n) is 12.5. The van der Waals surface area contributed by atoms with Gasteiger partial charge in [0, 0.05) is 48.4 Å². The summed E-state index contributed by atoms with van der Waals surface area (Å²) in [6.07, 6.45) is 6.91. The van der Waals surface area contributed by atoms with Crippen LogP contribution in [0.1, 0.15) is 25.3 Å². The van der Waals surface area contributed by atoms with Gasteiger partial charge >= 0.3 is 0 Å². The summed E-state index contributed by atoms with van der Waals surface area (Å²) in [6.45, 7) is 2.10. The first-order valence-electron chi connectivity index (χ1n) is 7.25. The van der Waals surface area contributed by atoms with Crippen LogP contribution < -0.4 is 5.32 Å². The number of aliphatic hydroxyl groups excluding tert-OH is 1. The Balaban J connectivity index is 2.04. The number of nitrogens with one attached hydrogen (secondary N) is 1. The van der Waals surface area contributed by atoms with Gasteiger partial charge in [-0.05, 0) is 31.9 Å². The minimum absolute atomic E-state index is 0.0711. The molecule has 0 saturated heterocycles. The molecule has 0 fully saturated rings. The molecule has 1 aromatic carbocycles. The van der Waals surface area contributed by atoms with E-state index in [1.165, 1.54) is 0 Å². The fraction of sp³-hybridized carbons (Fsp3) is 0.353. The second-order valence-corrected chi connectivity index (χ2v) is 5.32. The third kappa shape index (κ3) is 3.95. The molecule has 0 spiro atoms. The van der Waals surface area contributed by atoms with Crippen molar-refractivity contribution >= 4 is 22.9 Å². The number of hydrogen-bond acceptors (Lipinski definition) is 2. The number of nitrogens with zero attached hydrogens (tertiary/aromatic N) is 1. The average molecular weight is 286 g/mol. The minimum Gasteiger partial charge on any atom is -0.396 e. The summed E-state index contributed by atoms with van der Waals surface area (Å²) >= 11 is 0. The molecular weight excluding hydrogens is 264 g/mol. The van der Waals surface area contributed by atoms with E-state index in [0.717, 1.165) is 22.9 Å². The fourth-order valence-corrected chi connectivity index (χ4v) is 2.43. The predicted molar refractivity (Wildman–Crippen MR) is 85.9 cm³/mol. The van der Waals surface area contributed by atoms with Crippen LogP contribution in [0, 0.1) is 0 Å². The van der Waals surface area contributed by atoms with E-state index >= 15 is 0 Å². The lowest BCUT2D eigenvalue weighted by Crippen LogP contribution is -2.31. The Kier molecular flexibility index (Phi) is 5.17. The van der Waals surface area contributed by atoms with Crippen LogP contribution in [-0.2, 0) is 11.8 Å². The molecule has 0 aliphatic rings. The van der Waals surface area contributed by atoms with Gasteiger partial charge in [-0.15, -0.1) is 0 Å². The van der Waals surface area contributed by atoms with E-state index in [9.17, 15) is 4.79 Å². The van der Waals surface area contributed by atoms with Gasteiger partial charge in [0.05, 0.1) is 0 Å². The van der Waals surface area contributed by atoms with Crippen LogP contribution in [0.2, 0.25) is 0 Å². The number of benzene rings is 1. The summed E-state index contributed by atoms with van der Waals surface area (Å²) in [4.78, 5) is 11.9. The zero-order chi connectivity index (χ0) is 15.2. The van der Waals surface area contributed by atoms with Crippen molar-refractivity contribution in [2.75, 3.05) is 6.61 Å². The summed E-state index contributed by atoms with van der Waals surface area (Å²) in [5.74, 6) is -0.103. The lowest BCUT2D eigenvalue weighted by Gasteiger charge is -2.10. The Labute approximate surface area is 125 Å². The number of hydrogen-bond donors (Lipinski definition) is 2. The smallest absolute Gasteiger partial charge is 0.244 e. The second kappa shape index (κ2) is 7.09. The van der Waals surface area contributed by atoms with Crippen molar-refractivity contribution in [3.8, 4) is 0 Å². The monoisotopic (exact) mass is 286 g/mol. The first-order chi connectivity index (χ1) is 10.1. The van der Waals surface area contributed by atoms with Crippen molar-refractivity contribution in [1.29, 1.82) is 0 Å². The Bertz CT molecular complexity index is 643. The lowest BCUT2D eigenvalue weighted by molar-refractivity contribution is -0.117. The number of amides is 1. The molecule has 0 radical (unpaired) electrons. The van der Waals surface area contributed by atoms with Crippen LogP contribution in [0.25, 0.3) is 17.0 Å². The highest BCUT2D eigenvalue weighted by Crippen LogP contribution is 2.21. The Hall–Kier alpha value is -2.07. The number of carbonyl (C=O) groups is 1. The molecule has 1 amide bonds. The first kappa shape index (κ1) is 15.3. The molecule has 2 N–H and O–H groups in total. The number of para-hydroxylation sites is 1. The molecule has 112 valence electrons. The number of aromatic nitrogens is 1. The van der Waals surface area contributed by atoms with E-state index < -0.39 is 0 Å². The Morgan fingerprint density at radius 3 is 2.95 bits per heavy atom. The lowest BCUT2D eigenvalue weighted by atomic mass is 10.1. The maximum absolute atomic E-state index is 11.9. The highest BCUT2D eigenvalue weighted by Gasteiger charge is 2.06. The molecule has 2 rings (SSSR count). The summed E-state index contributed by atoms with van der Waals surface area (Å²) in [6, 6.07) is 8.18. The highest BCUT2D eigenvalue weighted by atomic mass is 16.2. The number of aryl methyl sites for hydroxylation is 1. The molecule has 0 aliphatic carbocycles. The summed E-state index contributed by atoms with van der Waals surface area (Å²) < 4.78 is 2.05. The molecule has 0 aliphatic heterocycles. The third-order valence-corrected chi connectivity index (χ3v) is 3.53. The fourth-order valence-electron chi connectivity index (χ4n) is 2.43. The van der Waals surface area contributed by atoms with Crippen LogP contribution in [0.15, 0.2) is 36.5 Å². The van der Waals surface area contributed by atoms with Gasteiger partial charge in [0.2, 0.25) is 5.91 Å². The number of carbonyl (C=O) groups excluding carboxylic acids is 1. The van der Waals surface area contributed by atoms with Gasteiger partial charge in [0.1, 0.15) is 0 Å². The first-order valence-corrected chi connectivity index (χ1v) is 7.25. The van der Waals surface area contributed by atoms with Gasteiger partial charge < -0.3 is 15.0 Å². The summed E-state index contributed by atoms with van der Waals surface area (Å²) in [7, 11) is 2.00. The molecule has 0 bridgehead atoms. The van der Waals surface area contributed by atoms with Gasteiger partial charge in [-0.3, -0.25) is 4.79 Å². The number of rotatable bonds is 6. The third-order valence-electron chi connectivity index (χ3n) is 3.53. The molecule has 1 atom stereocenters. The van der Waals surface area contributed by atoms with Crippen molar-refractivity contribution in [1.82, 2.24) is 9.88 Å². The van der Waals surface area contributed by atoms with Gasteiger partial charge in [-0.25, -0.2) is 0 Å². The number of aliphatic hydroxyl groups is 1. The topological polar surface area (TPSA) is 54.3 Å². The Morgan fingerprint density at radius 1 is 1.43 bits per heavy atom. The molecule has 21 heavy (non-hydrogen) atoms. The van der Waals surface area contributed by atoms with E-state index in [2.05, 4.69) is 22.0 Å². The molecule has 1 aromatic heterocycles. The predicted octanol–water partition coefficient (Wildman–Crippen LogP) is 2.47. The molecule has 1 unspecified atom stereocenters. The second-order valence-electron chi connectivity index (χ2n) is 5.32. The molecule has 4 nitrogen and oxygen atoms in total. The minimum atomic E-state index is -0.103. The van der Waals surface area contributed by atoms with E-state index in [1.807, 2.05) is 38.4 Å². The normalized spacial score (nSPS) is 12.9. The van der Waals surface area contributed by atoms with Gasteiger partial charge in [-0.1, -0.05) is 18.2 Å². The van der Waals surface area contributed by atoms with Crippen molar-refractivity contribution < 1.29 is 9.90 Å². The van der Waals surface area contributed by atoms with E-state index in [0.29, 0.717) is 6.42 Å². The molecular formula is C17H22N2O2. The van der Waals surface area contributed by atoms with Crippen LogP contribution in [0.4, 0.5) is 0 Å². The van der Waals surface area contributed by atoms with Crippen LogP contribution in [0.5, 0.6) is 0 Å². The van der Waals surface area contributed by atoms with Crippen molar-refractivity contribution in [2.45, 2.75) is 25.8 Å². The quantitative estimate of drug-likeness (QED) is 0.802. The Morgan fingerprint density at radius 2 is 2.19 bits per heavy atom. The van der Waals surface area contributed by atoms with E-state index in [1.54, 1.807) is 6.08 Å². The SMILES string of the molecule is CC(CCCO)NC(=O)/C=C/c1cn(C)c2ccccc12. The molecule has 4 heteroatoms. The summed E-state index contributed by atoms with van der Waals surface area (Å²) in [5.41, 5.74) is 2.18. The average Bonchev–Trinajstić information content (AvgIpc) is 2.80. The van der Waals surface area contributed by atoms with Crippen LogP contribution in [-0.4, -0.2) is 28.2 Å².